The molecule has 0 radical (unpaired) electrons. The fourth-order valence-electron chi connectivity index (χ4n) is 1.11. The zero-order chi connectivity index (χ0) is 9.03. The molecule has 0 amide bonds. The highest BCUT2D eigenvalue weighted by molar-refractivity contribution is 6.24. The summed E-state index contributed by atoms with van der Waals surface area (Å²) in [7, 11) is 0. The molecule has 0 unspecified atom stereocenters. The predicted octanol–water partition coefficient (Wildman–Crippen LogP) is 0.400. The SMILES string of the molecule is CC(C)(C)OCC[N]1CC[O][AlH]1. The molecule has 0 bridgehead atoms. The van der Waals surface area contributed by atoms with Crippen LogP contribution >= 0.6 is 0 Å². The Morgan fingerprint density at radius 1 is 1.50 bits per heavy atom. The van der Waals surface area contributed by atoms with E-state index in [4.69, 9.17) is 8.53 Å². The third kappa shape index (κ3) is 4.44. The van der Waals surface area contributed by atoms with E-state index in [2.05, 4.69) is 24.7 Å². The van der Waals surface area contributed by atoms with Gasteiger partial charge in [0.2, 0.25) is 0 Å². The second-order valence-corrected chi connectivity index (χ2v) is 5.68. The van der Waals surface area contributed by atoms with Gasteiger partial charge in [-0.3, -0.25) is 0 Å². The molecule has 1 saturated heterocycles. The Hall–Kier alpha value is 0.412. The van der Waals surface area contributed by atoms with Gasteiger partial charge in [-0.1, -0.05) is 0 Å². The molecule has 0 N–H and O–H groups in total. The van der Waals surface area contributed by atoms with E-state index < -0.39 is 0 Å². The Balaban J connectivity index is 2.02. The van der Waals surface area contributed by atoms with Crippen LogP contribution in [0.1, 0.15) is 20.8 Å². The Labute approximate surface area is 81.3 Å². The molecule has 0 spiro atoms. The summed E-state index contributed by atoms with van der Waals surface area (Å²) in [6, 6.07) is 0. The summed E-state index contributed by atoms with van der Waals surface area (Å²) in [6.07, 6.45) is 0. The molecule has 3 nitrogen and oxygen atoms in total. The second-order valence-electron chi connectivity index (χ2n) is 4.12. The van der Waals surface area contributed by atoms with Gasteiger partial charge in [0.25, 0.3) is 0 Å². The summed E-state index contributed by atoms with van der Waals surface area (Å²) in [6.45, 7) is 10.2. The monoisotopic (exact) mass is 187 g/mol. The van der Waals surface area contributed by atoms with Crippen molar-refractivity contribution in [1.82, 2.24) is 3.88 Å². The Kier molecular flexibility index (Phi) is 4.02. The van der Waals surface area contributed by atoms with Crippen LogP contribution in [0, 0.1) is 0 Å². The Bertz CT molecular complexity index is 130. The van der Waals surface area contributed by atoms with E-state index in [0.29, 0.717) is 0 Å². The van der Waals surface area contributed by atoms with Gasteiger partial charge < -0.3 is 12.4 Å². The molecule has 0 saturated carbocycles. The van der Waals surface area contributed by atoms with E-state index in [1.807, 2.05) is 0 Å². The smallest absolute Gasteiger partial charge is 0.490 e. The molecule has 70 valence electrons. The van der Waals surface area contributed by atoms with Gasteiger partial charge in [-0.2, -0.15) is 0 Å². The number of ether oxygens (including phenoxy) is 1. The first kappa shape index (κ1) is 10.5. The maximum atomic E-state index is 5.62. The van der Waals surface area contributed by atoms with E-state index in [-0.39, 0.29) is 21.4 Å². The number of rotatable bonds is 3. The number of hydrogen-bond donors (Lipinski definition) is 0. The maximum Gasteiger partial charge on any atom is 0.555 e. The van der Waals surface area contributed by atoms with Crippen molar-refractivity contribution in [2.45, 2.75) is 26.4 Å². The molecular formula is C8H18AlNO2. The second kappa shape index (κ2) is 4.59. The number of nitrogens with zero attached hydrogens (tertiary/aromatic N) is 1. The van der Waals surface area contributed by atoms with Gasteiger partial charge in [0.05, 0.1) is 12.2 Å². The first-order chi connectivity index (χ1) is 5.58. The minimum atomic E-state index is -0.354. The average molecular weight is 187 g/mol. The van der Waals surface area contributed by atoms with Gasteiger partial charge in [-0.15, -0.1) is 0 Å². The molecule has 4 heteroatoms. The van der Waals surface area contributed by atoms with E-state index in [1.54, 1.807) is 0 Å². The first-order valence-corrected chi connectivity index (χ1v) is 5.73. The Morgan fingerprint density at radius 2 is 2.25 bits per heavy atom. The normalized spacial score (nSPS) is 19.6. The molecule has 1 aliphatic heterocycles. The molecule has 0 aromatic carbocycles. The average Bonchev–Trinajstić information content (AvgIpc) is 2.36. The van der Waals surface area contributed by atoms with Crippen molar-refractivity contribution in [3.05, 3.63) is 0 Å². The van der Waals surface area contributed by atoms with Gasteiger partial charge >= 0.3 is 15.8 Å². The minimum absolute atomic E-state index is 0.00212. The van der Waals surface area contributed by atoms with E-state index in [0.717, 1.165) is 26.3 Å². The van der Waals surface area contributed by atoms with Gasteiger partial charge in [0, 0.05) is 19.7 Å². The van der Waals surface area contributed by atoms with Crippen LogP contribution in [0.5, 0.6) is 0 Å². The summed E-state index contributed by atoms with van der Waals surface area (Å²) in [5, 5.41) is 0. The van der Waals surface area contributed by atoms with Crippen molar-refractivity contribution >= 4 is 15.8 Å². The van der Waals surface area contributed by atoms with Crippen molar-refractivity contribution in [2.24, 2.45) is 0 Å². The third-order valence-electron chi connectivity index (χ3n) is 1.77. The molecule has 1 aliphatic rings. The highest BCUT2D eigenvalue weighted by Gasteiger charge is 2.17. The summed E-state index contributed by atoms with van der Waals surface area (Å²) >= 11 is -0.354. The van der Waals surface area contributed by atoms with Crippen molar-refractivity contribution in [3.63, 3.8) is 0 Å². The lowest BCUT2D eigenvalue weighted by molar-refractivity contribution is -0.00610. The Morgan fingerprint density at radius 3 is 2.75 bits per heavy atom. The van der Waals surface area contributed by atoms with Crippen LogP contribution in [0.15, 0.2) is 0 Å². The molecule has 12 heavy (non-hydrogen) atoms. The molecule has 0 atom stereocenters. The highest BCUT2D eigenvalue weighted by Crippen LogP contribution is 2.06. The first-order valence-electron chi connectivity index (χ1n) is 4.52. The molecule has 1 rings (SSSR count). The zero-order valence-electron chi connectivity index (χ0n) is 8.30. The molecule has 0 aliphatic carbocycles. The fourth-order valence-corrected chi connectivity index (χ4v) is 2.14. The van der Waals surface area contributed by atoms with Gasteiger partial charge in [-0.25, -0.2) is 0 Å². The van der Waals surface area contributed by atoms with Crippen molar-refractivity contribution in [1.29, 1.82) is 0 Å². The standard InChI is InChI=1S/C8H17NO2.Al.H/c1-8(2,3)11-7-5-9-4-6-10;;/h4-7H2,1-3H3;;/q-2;+2;. The summed E-state index contributed by atoms with van der Waals surface area (Å²) < 4.78 is 13.4. The van der Waals surface area contributed by atoms with Crippen molar-refractivity contribution < 1.29 is 8.53 Å². The zero-order valence-corrected chi connectivity index (χ0v) is 9.71. The largest absolute Gasteiger partial charge is 0.555 e. The minimum Gasteiger partial charge on any atom is -0.490 e. The van der Waals surface area contributed by atoms with Gasteiger partial charge in [-0.05, 0) is 20.8 Å². The van der Waals surface area contributed by atoms with Crippen molar-refractivity contribution in [3.8, 4) is 0 Å². The van der Waals surface area contributed by atoms with Gasteiger partial charge in [0.15, 0.2) is 0 Å². The van der Waals surface area contributed by atoms with Crippen LogP contribution in [0.4, 0.5) is 0 Å². The van der Waals surface area contributed by atoms with E-state index in [9.17, 15) is 0 Å². The summed E-state index contributed by atoms with van der Waals surface area (Å²) in [4.78, 5) is 0. The van der Waals surface area contributed by atoms with E-state index in [1.165, 1.54) is 0 Å². The lowest BCUT2D eigenvalue weighted by atomic mass is 10.2. The van der Waals surface area contributed by atoms with Crippen LogP contribution in [0.3, 0.4) is 0 Å². The maximum absolute atomic E-state index is 5.62. The van der Waals surface area contributed by atoms with Crippen LogP contribution in [-0.2, 0) is 8.53 Å². The summed E-state index contributed by atoms with van der Waals surface area (Å²) in [5.41, 5.74) is 0.00212. The predicted molar refractivity (Wildman–Crippen MR) is 50.4 cm³/mol. The molecular weight excluding hydrogens is 169 g/mol. The van der Waals surface area contributed by atoms with Crippen LogP contribution in [-0.4, -0.2) is 51.6 Å². The van der Waals surface area contributed by atoms with Crippen molar-refractivity contribution in [2.75, 3.05) is 26.3 Å². The van der Waals surface area contributed by atoms with Crippen LogP contribution < -0.4 is 0 Å². The quantitative estimate of drug-likeness (QED) is 0.597. The summed E-state index contributed by atoms with van der Waals surface area (Å²) in [5.74, 6) is 0. The topological polar surface area (TPSA) is 21.7 Å². The molecule has 1 heterocycles. The van der Waals surface area contributed by atoms with E-state index >= 15 is 0 Å². The molecule has 0 aromatic rings. The molecule has 1 fully saturated rings. The fraction of sp³-hybridized carbons (Fsp3) is 1.00. The van der Waals surface area contributed by atoms with Crippen LogP contribution in [0.2, 0.25) is 0 Å². The highest BCUT2D eigenvalue weighted by atomic mass is 27.1. The lowest BCUT2D eigenvalue weighted by Crippen LogP contribution is -2.30. The van der Waals surface area contributed by atoms with Gasteiger partial charge in [0.1, 0.15) is 0 Å². The lowest BCUT2D eigenvalue weighted by Gasteiger charge is -2.21. The number of hydrogen-bond acceptors (Lipinski definition) is 3. The third-order valence-corrected chi connectivity index (χ3v) is 3.24. The van der Waals surface area contributed by atoms with Crippen LogP contribution in [0.25, 0.3) is 0 Å². The molecule has 0 aromatic heterocycles.